The molecule has 1 N–H and O–H groups in total. The van der Waals surface area contributed by atoms with Gasteiger partial charge >= 0.3 is 0 Å². The van der Waals surface area contributed by atoms with Gasteiger partial charge in [0, 0.05) is 0 Å². The molecule has 1 heteroatoms. The van der Waals surface area contributed by atoms with Crippen LogP contribution in [0.5, 0.6) is 0 Å². The van der Waals surface area contributed by atoms with Gasteiger partial charge in [-0.15, -0.1) is 0 Å². The Morgan fingerprint density at radius 1 is 0.966 bits per heavy atom. The van der Waals surface area contributed by atoms with Gasteiger partial charge in [0.1, 0.15) is 0 Å². The predicted octanol–water partition coefficient (Wildman–Crippen LogP) is 7.41. The van der Waals surface area contributed by atoms with Crippen molar-refractivity contribution in [2.45, 2.75) is 99.0 Å². The van der Waals surface area contributed by atoms with Crippen LogP contribution >= 0.6 is 0 Å². The van der Waals surface area contributed by atoms with E-state index in [1.165, 1.54) is 38.5 Å². The molecule has 1 nitrogen and oxygen atoms in total. The lowest BCUT2D eigenvalue weighted by Crippen LogP contribution is -2.50. The van der Waals surface area contributed by atoms with E-state index in [1.54, 1.807) is 5.57 Å². The van der Waals surface area contributed by atoms with Gasteiger partial charge in [0.25, 0.3) is 0 Å². The van der Waals surface area contributed by atoms with Crippen molar-refractivity contribution in [1.29, 1.82) is 0 Å². The van der Waals surface area contributed by atoms with E-state index in [0.717, 1.165) is 42.4 Å². The van der Waals surface area contributed by atoms with E-state index in [9.17, 15) is 5.11 Å². The number of aliphatic hydroxyl groups excluding tert-OH is 1. The maximum atomic E-state index is 10.2. The normalized spacial score (nSPS) is 46.8. The van der Waals surface area contributed by atoms with Gasteiger partial charge in [-0.1, -0.05) is 65.3 Å². The Balaban J connectivity index is 1.53. The topological polar surface area (TPSA) is 20.2 Å². The van der Waals surface area contributed by atoms with Crippen LogP contribution in [0.4, 0.5) is 0 Å². The molecule has 29 heavy (non-hydrogen) atoms. The van der Waals surface area contributed by atoms with Gasteiger partial charge in [-0.25, -0.2) is 0 Å². The molecule has 0 aromatic rings. The first-order valence-electron chi connectivity index (χ1n) is 12.7. The molecule has 3 fully saturated rings. The third-order valence-corrected chi connectivity index (χ3v) is 10.6. The second-order valence-electron chi connectivity index (χ2n) is 12.2. The Morgan fingerprint density at radius 2 is 1.72 bits per heavy atom. The first-order valence-corrected chi connectivity index (χ1v) is 12.7. The van der Waals surface area contributed by atoms with Gasteiger partial charge in [0.2, 0.25) is 0 Å². The Bertz CT molecular complexity index is 659. The fourth-order valence-corrected chi connectivity index (χ4v) is 8.25. The van der Waals surface area contributed by atoms with Crippen LogP contribution in [0.15, 0.2) is 23.8 Å². The molecule has 0 aromatic carbocycles. The lowest BCUT2D eigenvalue weighted by atomic mass is 9.47. The molecular weight excluding hydrogens is 352 g/mol. The highest BCUT2D eigenvalue weighted by atomic mass is 16.3. The number of allylic oxidation sites excluding steroid dienone is 3. The fourth-order valence-electron chi connectivity index (χ4n) is 8.25. The van der Waals surface area contributed by atoms with Crippen LogP contribution in [-0.2, 0) is 0 Å². The third kappa shape index (κ3) is 3.58. The van der Waals surface area contributed by atoms with Gasteiger partial charge in [-0.2, -0.15) is 0 Å². The van der Waals surface area contributed by atoms with Gasteiger partial charge in [-0.3, -0.25) is 0 Å². The molecule has 0 bridgehead atoms. The van der Waals surface area contributed by atoms with E-state index in [0.29, 0.717) is 22.7 Å². The van der Waals surface area contributed by atoms with Crippen LogP contribution in [0, 0.1) is 52.3 Å². The zero-order valence-corrected chi connectivity index (χ0v) is 20.0. The Kier molecular flexibility index (Phi) is 5.86. The molecule has 0 unspecified atom stereocenters. The molecule has 0 radical (unpaired) electrons. The molecule has 3 saturated carbocycles. The molecule has 0 spiro atoms. The van der Waals surface area contributed by atoms with Crippen molar-refractivity contribution >= 4 is 0 Å². The summed E-state index contributed by atoms with van der Waals surface area (Å²) in [5.41, 5.74) is 2.51. The molecule has 0 heterocycles. The predicted molar refractivity (Wildman–Crippen MR) is 124 cm³/mol. The number of fused-ring (bicyclic) bond motifs is 5. The molecule has 0 saturated heterocycles. The summed E-state index contributed by atoms with van der Waals surface area (Å²) in [4.78, 5) is 0. The van der Waals surface area contributed by atoms with Crippen LogP contribution in [0.3, 0.4) is 0 Å². The average molecular weight is 399 g/mol. The number of hydrogen-bond acceptors (Lipinski definition) is 1. The number of hydrogen-bond donors (Lipinski definition) is 1. The maximum Gasteiger partial charge on any atom is 0.0577 e. The fraction of sp³-hybridized carbons (Fsp3) is 0.857. The van der Waals surface area contributed by atoms with E-state index in [-0.39, 0.29) is 6.10 Å². The quantitative estimate of drug-likeness (QED) is 0.489. The van der Waals surface area contributed by atoms with Crippen LogP contribution in [0.25, 0.3) is 0 Å². The van der Waals surface area contributed by atoms with Gasteiger partial charge in [0.05, 0.1) is 6.10 Å². The lowest BCUT2D eigenvalue weighted by Gasteiger charge is -2.58. The molecule has 164 valence electrons. The summed E-state index contributed by atoms with van der Waals surface area (Å²) < 4.78 is 0. The summed E-state index contributed by atoms with van der Waals surface area (Å²) in [7, 11) is 0. The minimum atomic E-state index is -0.0866. The summed E-state index contributed by atoms with van der Waals surface area (Å²) in [5.74, 6) is 5.63. The first kappa shape index (κ1) is 21.7. The smallest absolute Gasteiger partial charge is 0.0577 e. The summed E-state index contributed by atoms with van der Waals surface area (Å²) in [6.45, 7) is 14.7. The maximum absolute atomic E-state index is 10.2. The van der Waals surface area contributed by atoms with Crippen LogP contribution in [0.1, 0.15) is 92.9 Å². The first-order chi connectivity index (χ1) is 13.7. The van der Waals surface area contributed by atoms with E-state index >= 15 is 0 Å². The Labute approximate surface area is 180 Å². The Morgan fingerprint density at radius 3 is 2.45 bits per heavy atom. The molecule has 4 aliphatic rings. The summed E-state index contributed by atoms with van der Waals surface area (Å²) >= 11 is 0. The van der Waals surface area contributed by atoms with Crippen molar-refractivity contribution in [2.24, 2.45) is 52.3 Å². The van der Waals surface area contributed by atoms with Crippen LogP contribution < -0.4 is 0 Å². The minimum absolute atomic E-state index is 0.0866. The highest BCUT2D eigenvalue weighted by Gasteiger charge is 2.58. The average Bonchev–Trinajstić information content (AvgIpc) is 3.03. The summed E-state index contributed by atoms with van der Waals surface area (Å²) in [6, 6.07) is 0. The summed E-state index contributed by atoms with van der Waals surface area (Å²) in [5, 5.41) is 10.2. The van der Waals surface area contributed by atoms with E-state index in [4.69, 9.17) is 0 Å². The number of aliphatic hydroxyl groups is 1. The molecule has 4 rings (SSSR count). The molecule has 0 aliphatic heterocycles. The lowest BCUT2D eigenvalue weighted by molar-refractivity contribution is -0.0540. The zero-order chi connectivity index (χ0) is 21.0. The summed E-state index contributed by atoms with van der Waals surface area (Å²) in [6.07, 6.45) is 17.7. The van der Waals surface area contributed by atoms with Crippen LogP contribution in [0.2, 0.25) is 0 Å². The van der Waals surface area contributed by atoms with Gasteiger partial charge in [0.15, 0.2) is 0 Å². The van der Waals surface area contributed by atoms with E-state index < -0.39 is 0 Å². The standard InChI is InChI=1S/C28H46O/c1-18(2)19(3)7-8-20(4)24-11-12-25-23-10-9-21-17-22(29)13-15-27(21,5)26(23)14-16-28(24,25)6/h7-9,18-20,22-26,29H,10-17H2,1-6H3/b8-7-/t19-,20+,22-,23+,24+,25-,26+,27-,28+/m0/s1. The molecular formula is C28H46O. The van der Waals surface area contributed by atoms with E-state index in [1.807, 2.05) is 0 Å². The van der Waals surface area contributed by atoms with E-state index in [2.05, 4.69) is 59.8 Å². The second kappa shape index (κ2) is 7.85. The zero-order valence-electron chi connectivity index (χ0n) is 20.0. The number of rotatable bonds is 4. The molecule has 0 aromatic heterocycles. The molecule has 9 atom stereocenters. The van der Waals surface area contributed by atoms with Crippen molar-refractivity contribution < 1.29 is 5.11 Å². The van der Waals surface area contributed by atoms with Gasteiger partial charge in [-0.05, 0) is 104 Å². The monoisotopic (exact) mass is 398 g/mol. The van der Waals surface area contributed by atoms with Gasteiger partial charge < -0.3 is 5.11 Å². The van der Waals surface area contributed by atoms with Crippen LogP contribution in [-0.4, -0.2) is 11.2 Å². The highest BCUT2D eigenvalue weighted by Crippen LogP contribution is 2.67. The third-order valence-electron chi connectivity index (χ3n) is 10.6. The van der Waals surface area contributed by atoms with Crippen molar-refractivity contribution in [3.63, 3.8) is 0 Å². The largest absolute Gasteiger partial charge is 0.393 e. The van der Waals surface area contributed by atoms with Crippen molar-refractivity contribution in [3.05, 3.63) is 23.8 Å². The van der Waals surface area contributed by atoms with Crippen molar-refractivity contribution in [2.75, 3.05) is 0 Å². The SMILES string of the molecule is CC(C)[C@@H](C)/C=C\[C@@H](C)[C@H]1CC[C@H]2[C@H]3CC=C4C[C@@H](O)CC[C@]4(C)[C@@H]3CC[C@]12C. The molecule has 4 aliphatic carbocycles. The van der Waals surface area contributed by atoms with Crippen molar-refractivity contribution in [3.8, 4) is 0 Å². The second-order valence-corrected chi connectivity index (χ2v) is 12.2. The Hall–Kier alpha value is -0.560. The minimum Gasteiger partial charge on any atom is -0.393 e. The highest BCUT2D eigenvalue weighted by molar-refractivity contribution is 5.25. The van der Waals surface area contributed by atoms with Crippen molar-refractivity contribution in [1.82, 2.24) is 0 Å². The molecule has 0 amide bonds.